The standard InChI is InChI=1S/C23H22Cl2N4O3/c1-14(30)15-4-2-6-18(10-15)26-23(31)16-5-3-9-29(12-16)13-21-27-22(28-32-21)19-8-7-17(24)11-20(19)25/h2,4,6-8,10-11,16H,3,5,9,12-13H2,1H3,(H,26,31). The molecule has 3 aromatic rings. The van der Waals surface area contributed by atoms with E-state index in [4.69, 9.17) is 27.7 Å². The Morgan fingerprint density at radius 2 is 2.06 bits per heavy atom. The molecule has 1 aliphatic rings. The van der Waals surface area contributed by atoms with Gasteiger partial charge in [0, 0.05) is 28.4 Å². The molecular weight excluding hydrogens is 451 g/mol. The fraction of sp³-hybridized carbons (Fsp3) is 0.304. The predicted molar refractivity (Wildman–Crippen MR) is 123 cm³/mol. The third-order valence-corrected chi connectivity index (χ3v) is 5.96. The van der Waals surface area contributed by atoms with Crippen molar-refractivity contribution in [1.29, 1.82) is 0 Å². The van der Waals surface area contributed by atoms with Gasteiger partial charge in [-0.25, -0.2) is 0 Å². The average Bonchev–Trinajstić information content (AvgIpc) is 3.22. The van der Waals surface area contributed by atoms with E-state index < -0.39 is 0 Å². The molecule has 0 aliphatic carbocycles. The summed E-state index contributed by atoms with van der Waals surface area (Å²) in [5, 5.41) is 7.95. The molecule has 9 heteroatoms. The van der Waals surface area contributed by atoms with E-state index in [1.54, 1.807) is 42.5 Å². The van der Waals surface area contributed by atoms with Crippen LogP contribution in [0.1, 0.15) is 36.0 Å². The monoisotopic (exact) mass is 472 g/mol. The van der Waals surface area contributed by atoms with Crippen LogP contribution in [0.15, 0.2) is 47.0 Å². The van der Waals surface area contributed by atoms with Gasteiger partial charge in [0.15, 0.2) is 5.78 Å². The zero-order chi connectivity index (χ0) is 22.7. The number of nitrogens with zero attached hydrogens (tertiary/aromatic N) is 3. The van der Waals surface area contributed by atoms with Gasteiger partial charge in [-0.3, -0.25) is 14.5 Å². The molecule has 1 atom stereocenters. The number of hydrogen-bond acceptors (Lipinski definition) is 6. The summed E-state index contributed by atoms with van der Waals surface area (Å²) in [7, 11) is 0. The van der Waals surface area contributed by atoms with Crippen molar-refractivity contribution in [3.05, 3.63) is 64.0 Å². The number of carbonyl (C=O) groups is 2. The third kappa shape index (κ3) is 5.35. The lowest BCUT2D eigenvalue weighted by Gasteiger charge is -2.30. The van der Waals surface area contributed by atoms with Crippen LogP contribution in [0.4, 0.5) is 5.69 Å². The second-order valence-corrected chi connectivity index (χ2v) is 8.68. The maximum atomic E-state index is 12.8. The largest absolute Gasteiger partial charge is 0.338 e. The van der Waals surface area contributed by atoms with Crippen molar-refractivity contribution in [3.8, 4) is 11.4 Å². The van der Waals surface area contributed by atoms with E-state index in [0.29, 0.717) is 51.7 Å². The van der Waals surface area contributed by atoms with E-state index in [0.717, 1.165) is 19.4 Å². The number of rotatable bonds is 6. The smallest absolute Gasteiger partial charge is 0.241 e. The molecule has 1 amide bonds. The topological polar surface area (TPSA) is 88.3 Å². The number of carbonyl (C=O) groups excluding carboxylic acids is 2. The van der Waals surface area contributed by atoms with Gasteiger partial charge >= 0.3 is 0 Å². The summed E-state index contributed by atoms with van der Waals surface area (Å²) in [5.41, 5.74) is 1.84. The average molecular weight is 473 g/mol. The van der Waals surface area contributed by atoms with Crippen LogP contribution in [0.3, 0.4) is 0 Å². The van der Waals surface area contributed by atoms with Gasteiger partial charge in [-0.1, -0.05) is 40.5 Å². The summed E-state index contributed by atoms with van der Waals surface area (Å²) in [6, 6.07) is 12.1. The Morgan fingerprint density at radius 1 is 1.22 bits per heavy atom. The molecule has 0 spiro atoms. The van der Waals surface area contributed by atoms with Crippen molar-refractivity contribution in [2.45, 2.75) is 26.3 Å². The maximum absolute atomic E-state index is 12.8. The molecule has 7 nitrogen and oxygen atoms in total. The van der Waals surface area contributed by atoms with Crippen molar-refractivity contribution < 1.29 is 14.1 Å². The lowest BCUT2D eigenvalue weighted by molar-refractivity contribution is -0.121. The first-order valence-electron chi connectivity index (χ1n) is 10.3. The van der Waals surface area contributed by atoms with Gasteiger partial charge in [-0.2, -0.15) is 4.98 Å². The van der Waals surface area contributed by atoms with Crippen LogP contribution in [-0.4, -0.2) is 39.8 Å². The molecule has 1 saturated heterocycles. The zero-order valence-electron chi connectivity index (χ0n) is 17.5. The van der Waals surface area contributed by atoms with E-state index in [9.17, 15) is 9.59 Å². The number of likely N-dealkylation sites (tertiary alicyclic amines) is 1. The van der Waals surface area contributed by atoms with Crippen LogP contribution in [0, 0.1) is 5.92 Å². The summed E-state index contributed by atoms with van der Waals surface area (Å²) in [5.74, 6) is 0.593. The van der Waals surface area contributed by atoms with Gasteiger partial charge in [-0.15, -0.1) is 0 Å². The fourth-order valence-electron chi connectivity index (χ4n) is 3.76. The maximum Gasteiger partial charge on any atom is 0.241 e. The first kappa shape index (κ1) is 22.5. The molecule has 32 heavy (non-hydrogen) atoms. The van der Waals surface area contributed by atoms with E-state index in [2.05, 4.69) is 20.4 Å². The molecule has 1 aromatic heterocycles. The minimum absolute atomic E-state index is 0.0382. The Bertz CT molecular complexity index is 1150. The number of nitrogens with one attached hydrogen (secondary N) is 1. The second-order valence-electron chi connectivity index (χ2n) is 7.84. The van der Waals surface area contributed by atoms with Crippen LogP contribution < -0.4 is 5.32 Å². The Morgan fingerprint density at radius 3 is 2.84 bits per heavy atom. The van der Waals surface area contributed by atoms with Crippen LogP contribution in [0.2, 0.25) is 10.0 Å². The molecule has 1 N–H and O–H groups in total. The lowest BCUT2D eigenvalue weighted by Crippen LogP contribution is -2.40. The number of benzene rings is 2. The third-order valence-electron chi connectivity index (χ3n) is 5.41. The molecule has 1 fully saturated rings. The summed E-state index contributed by atoms with van der Waals surface area (Å²) < 4.78 is 5.41. The summed E-state index contributed by atoms with van der Waals surface area (Å²) in [6.45, 7) is 3.37. The molecule has 1 aliphatic heterocycles. The van der Waals surface area contributed by atoms with Gasteiger partial charge < -0.3 is 9.84 Å². The summed E-state index contributed by atoms with van der Waals surface area (Å²) in [6.07, 6.45) is 1.68. The molecule has 166 valence electrons. The van der Waals surface area contributed by atoms with Crippen LogP contribution >= 0.6 is 23.2 Å². The molecule has 2 aromatic carbocycles. The quantitative estimate of drug-likeness (QED) is 0.502. The number of aromatic nitrogens is 2. The molecule has 4 rings (SSSR count). The predicted octanol–water partition coefficient (Wildman–Crippen LogP) is 5.10. The fourth-order valence-corrected chi connectivity index (χ4v) is 4.26. The number of hydrogen-bond donors (Lipinski definition) is 1. The highest BCUT2D eigenvalue weighted by Gasteiger charge is 2.27. The van der Waals surface area contributed by atoms with Crippen molar-refractivity contribution in [2.75, 3.05) is 18.4 Å². The lowest BCUT2D eigenvalue weighted by atomic mass is 9.97. The number of ketones is 1. The van der Waals surface area contributed by atoms with Gasteiger partial charge in [0.2, 0.25) is 17.6 Å². The number of anilines is 1. The molecule has 1 unspecified atom stereocenters. The van der Waals surface area contributed by atoms with E-state index in [1.807, 2.05) is 0 Å². The first-order valence-corrected chi connectivity index (χ1v) is 11.1. The molecule has 2 heterocycles. The second kappa shape index (κ2) is 9.81. The molecule has 0 radical (unpaired) electrons. The normalized spacial score (nSPS) is 16.7. The molecular formula is C23H22Cl2N4O3. The number of halogens is 2. The van der Waals surface area contributed by atoms with Gasteiger partial charge in [0.25, 0.3) is 0 Å². The van der Waals surface area contributed by atoms with E-state index in [-0.39, 0.29) is 17.6 Å². The summed E-state index contributed by atoms with van der Waals surface area (Å²) in [4.78, 5) is 31.0. The summed E-state index contributed by atoms with van der Waals surface area (Å²) >= 11 is 12.2. The Kier molecular flexibility index (Phi) is 6.89. The minimum Gasteiger partial charge on any atom is -0.338 e. The number of Topliss-reactive ketones (excluding diaryl/α,β-unsaturated/α-hetero) is 1. The van der Waals surface area contributed by atoms with Gasteiger partial charge in [0.1, 0.15) is 0 Å². The van der Waals surface area contributed by atoms with Gasteiger partial charge in [0.05, 0.1) is 17.5 Å². The number of piperidine rings is 1. The van der Waals surface area contributed by atoms with Gasteiger partial charge in [-0.05, 0) is 56.6 Å². The van der Waals surface area contributed by atoms with Crippen molar-refractivity contribution in [3.63, 3.8) is 0 Å². The van der Waals surface area contributed by atoms with Crippen LogP contribution in [-0.2, 0) is 11.3 Å². The first-order chi connectivity index (χ1) is 15.4. The number of amides is 1. The van der Waals surface area contributed by atoms with Crippen molar-refractivity contribution in [1.82, 2.24) is 15.0 Å². The minimum atomic E-state index is -0.169. The Hall–Kier alpha value is -2.74. The Labute approximate surface area is 195 Å². The van der Waals surface area contributed by atoms with Crippen molar-refractivity contribution >= 4 is 40.6 Å². The van der Waals surface area contributed by atoms with E-state index in [1.165, 1.54) is 6.92 Å². The SMILES string of the molecule is CC(=O)c1cccc(NC(=O)C2CCCN(Cc3nc(-c4ccc(Cl)cc4Cl)no3)C2)c1. The highest BCUT2D eigenvalue weighted by Crippen LogP contribution is 2.29. The molecule has 0 bridgehead atoms. The highest BCUT2D eigenvalue weighted by atomic mass is 35.5. The van der Waals surface area contributed by atoms with E-state index >= 15 is 0 Å². The Balaban J connectivity index is 1.38. The zero-order valence-corrected chi connectivity index (χ0v) is 19.0. The van der Waals surface area contributed by atoms with Crippen molar-refractivity contribution in [2.24, 2.45) is 5.92 Å². The highest BCUT2D eigenvalue weighted by molar-refractivity contribution is 6.36. The van der Waals surface area contributed by atoms with Crippen LogP contribution in [0.25, 0.3) is 11.4 Å². The van der Waals surface area contributed by atoms with Crippen LogP contribution in [0.5, 0.6) is 0 Å². The molecule has 0 saturated carbocycles.